The van der Waals surface area contributed by atoms with Crippen molar-refractivity contribution in [2.24, 2.45) is 5.14 Å². The van der Waals surface area contributed by atoms with E-state index in [9.17, 15) is 23.7 Å². The third-order valence-electron chi connectivity index (χ3n) is 5.72. The molecule has 0 bridgehead atoms. The highest BCUT2D eigenvalue weighted by Gasteiger charge is 2.46. The van der Waals surface area contributed by atoms with Gasteiger partial charge in [-0.1, -0.05) is 19.3 Å². The highest BCUT2D eigenvalue weighted by molar-refractivity contribution is 7.99. The first kappa shape index (κ1) is 23.6. The zero-order valence-electron chi connectivity index (χ0n) is 17.1. The molecule has 0 unspecified atom stereocenters. The van der Waals surface area contributed by atoms with Crippen LogP contribution in [0.1, 0.15) is 38.3 Å². The van der Waals surface area contributed by atoms with E-state index in [1.807, 2.05) is 0 Å². The molecule has 0 radical (unpaired) electrons. The molecule has 1 saturated carbocycles. The first-order chi connectivity index (χ1) is 15.1. The molecule has 4 rings (SSSR count). The Bertz CT molecular complexity index is 1070. The molecule has 13 nitrogen and oxygen atoms in total. The van der Waals surface area contributed by atoms with Crippen molar-refractivity contribution in [1.82, 2.24) is 19.7 Å². The Balaban J connectivity index is 1.61. The van der Waals surface area contributed by atoms with Crippen molar-refractivity contribution in [2.75, 3.05) is 18.1 Å². The smallest absolute Gasteiger partial charge is 0.333 e. The molecule has 0 amide bonds. The summed E-state index contributed by atoms with van der Waals surface area (Å²) in [6.07, 6.45) is 0.370. The van der Waals surface area contributed by atoms with E-state index in [1.54, 1.807) is 0 Å². The second-order valence-corrected chi connectivity index (χ2v) is 10.3. The van der Waals surface area contributed by atoms with Crippen molar-refractivity contribution in [1.29, 1.82) is 0 Å². The van der Waals surface area contributed by atoms with Gasteiger partial charge in [-0.05, 0) is 12.8 Å². The normalized spacial score (nSPS) is 28.4. The average molecular weight is 491 g/mol. The summed E-state index contributed by atoms with van der Waals surface area (Å²) in [5.41, 5.74) is 5.52. The van der Waals surface area contributed by atoms with Crippen LogP contribution in [0.4, 0.5) is 5.82 Å². The van der Waals surface area contributed by atoms with Crippen LogP contribution in [0.25, 0.3) is 11.0 Å². The number of nitrogens with two attached hydrogens (primary N) is 2. The Morgan fingerprint density at radius 2 is 1.97 bits per heavy atom. The summed E-state index contributed by atoms with van der Waals surface area (Å²) in [6, 6.07) is 0. The summed E-state index contributed by atoms with van der Waals surface area (Å²) in [5.74, 6) is 0.566. The van der Waals surface area contributed by atoms with Crippen molar-refractivity contribution in [3.05, 3.63) is 6.33 Å². The SMILES string of the molecule is Nc1ncnc2c1c(SCC1(O)CCCCC1)nn2[C@@H]1O[C@H](COS(N)(=O)=O)[C@@H](O)[C@H]1O. The number of anilines is 1. The molecular weight excluding hydrogens is 464 g/mol. The van der Waals surface area contributed by atoms with Crippen LogP contribution >= 0.6 is 11.8 Å². The molecule has 1 aliphatic heterocycles. The van der Waals surface area contributed by atoms with Crippen LogP contribution < -0.4 is 10.9 Å². The second-order valence-electron chi connectivity index (χ2n) is 8.10. The third kappa shape index (κ3) is 4.84. The van der Waals surface area contributed by atoms with E-state index >= 15 is 0 Å². The van der Waals surface area contributed by atoms with Crippen molar-refractivity contribution in [3.8, 4) is 0 Å². The van der Waals surface area contributed by atoms with E-state index in [0.717, 1.165) is 19.3 Å². The maximum absolute atomic E-state index is 11.1. The Labute approximate surface area is 188 Å². The van der Waals surface area contributed by atoms with Crippen LogP contribution in [0.3, 0.4) is 0 Å². The van der Waals surface area contributed by atoms with Gasteiger partial charge in [-0.15, -0.1) is 11.8 Å². The topological polar surface area (TPSA) is 209 Å². The van der Waals surface area contributed by atoms with E-state index in [2.05, 4.69) is 19.2 Å². The van der Waals surface area contributed by atoms with Crippen molar-refractivity contribution in [2.45, 2.75) is 67.3 Å². The number of aliphatic hydroxyl groups excluding tert-OH is 2. The minimum atomic E-state index is -4.25. The van der Waals surface area contributed by atoms with E-state index in [-0.39, 0.29) is 11.5 Å². The fourth-order valence-corrected chi connectivity index (χ4v) is 5.53. The van der Waals surface area contributed by atoms with Crippen LogP contribution in [-0.2, 0) is 19.2 Å². The van der Waals surface area contributed by atoms with Gasteiger partial charge in [0.1, 0.15) is 35.5 Å². The zero-order chi connectivity index (χ0) is 23.1. The van der Waals surface area contributed by atoms with Crippen molar-refractivity contribution < 1.29 is 32.7 Å². The maximum Gasteiger partial charge on any atom is 0.333 e. The molecular formula is C17H26N6O7S2. The minimum absolute atomic E-state index is 0.168. The van der Waals surface area contributed by atoms with E-state index in [1.165, 1.54) is 22.8 Å². The van der Waals surface area contributed by atoms with E-state index in [0.29, 0.717) is 29.0 Å². The molecule has 3 heterocycles. The van der Waals surface area contributed by atoms with Crippen LogP contribution in [0, 0.1) is 0 Å². The maximum atomic E-state index is 11.1. The van der Waals surface area contributed by atoms with Crippen LogP contribution in [0.2, 0.25) is 0 Å². The molecule has 7 N–H and O–H groups in total. The molecule has 178 valence electrons. The molecule has 2 fully saturated rings. The lowest BCUT2D eigenvalue weighted by molar-refractivity contribution is -0.0532. The van der Waals surface area contributed by atoms with Gasteiger partial charge < -0.3 is 25.8 Å². The molecule has 1 saturated heterocycles. The number of nitrogen functional groups attached to an aromatic ring is 1. The first-order valence-electron chi connectivity index (χ1n) is 10.1. The van der Waals surface area contributed by atoms with Crippen LogP contribution in [-0.4, -0.2) is 79.8 Å². The van der Waals surface area contributed by atoms with Gasteiger partial charge in [0.25, 0.3) is 0 Å². The standard InChI is InChI=1S/C17H26N6O7S2/c18-13-10-14(21-8-20-13)23(22-15(10)31-7-17(26)4-2-1-3-5-17)16-12(25)11(24)9(30-16)6-29-32(19,27)28/h8-9,11-12,16,24-26H,1-7H2,(H2,18,20,21)(H2,19,27,28)/t9-,11-,12-,16-/m1/s1. The number of nitrogens with zero attached hydrogens (tertiary/aromatic N) is 4. The number of rotatable bonds is 7. The molecule has 0 aromatic carbocycles. The summed E-state index contributed by atoms with van der Waals surface area (Å²) in [7, 11) is -4.25. The Hall–Kier alpha value is -1.59. The van der Waals surface area contributed by atoms with Gasteiger partial charge in [-0.2, -0.15) is 13.5 Å². The van der Waals surface area contributed by atoms with Gasteiger partial charge >= 0.3 is 10.3 Å². The predicted molar refractivity (Wildman–Crippen MR) is 113 cm³/mol. The third-order valence-corrected chi connectivity index (χ3v) is 7.43. The fraction of sp³-hybridized carbons (Fsp3) is 0.706. The fourth-order valence-electron chi connectivity index (χ4n) is 4.03. The molecule has 1 aliphatic carbocycles. The number of ether oxygens (including phenoxy) is 1. The number of aliphatic hydroxyl groups is 3. The number of fused-ring (bicyclic) bond motifs is 1. The zero-order valence-corrected chi connectivity index (χ0v) is 18.7. The highest BCUT2D eigenvalue weighted by Crippen LogP contribution is 2.39. The van der Waals surface area contributed by atoms with Gasteiger partial charge in [-0.25, -0.2) is 19.8 Å². The molecule has 2 aromatic heterocycles. The van der Waals surface area contributed by atoms with E-state index < -0.39 is 47.1 Å². The molecule has 2 aliphatic rings. The molecule has 2 aromatic rings. The monoisotopic (exact) mass is 490 g/mol. The Kier molecular flexibility index (Phi) is 6.61. The van der Waals surface area contributed by atoms with Crippen molar-refractivity contribution >= 4 is 38.9 Å². The van der Waals surface area contributed by atoms with Crippen LogP contribution in [0.15, 0.2) is 11.4 Å². The van der Waals surface area contributed by atoms with Gasteiger partial charge in [0.15, 0.2) is 11.9 Å². The Morgan fingerprint density at radius 1 is 1.25 bits per heavy atom. The van der Waals surface area contributed by atoms with Gasteiger partial charge in [0.2, 0.25) is 0 Å². The van der Waals surface area contributed by atoms with Gasteiger partial charge in [0.05, 0.1) is 17.6 Å². The lowest BCUT2D eigenvalue weighted by Crippen LogP contribution is -2.35. The van der Waals surface area contributed by atoms with Crippen LogP contribution in [0.5, 0.6) is 0 Å². The largest absolute Gasteiger partial charge is 0.389 e. The number of hydrogen-bond donors (Lipinski definition) is 5. The number of aromatic nitrogens is 4. The average Bonchev–Trinajstić information content (AvgIpc) is 3.24. The van der Waals surface area contributed by atoms with E-state index in [4.69, 9.17) is 15.6 Å². The summed E-state index contributed by atoms with van der Waals surface area (Å²) < 4.78 is 33.5. The highest BCUT2D eigenvalue weighted by atomic mass is 32.2. The predicted octanol–water partition coefficient (Wildman–Crippen LogP) is -0.965. The second kappa shape index (κ2) is 8.98. The summed E-state index contributed by atoms with van der Waals surface area (Å²) in [5, 5.41) is 41.9. The molecule has 4 atom stereocenters. The summed E-state index contributed by atoms with van der Waals surface area (Å²) in [6.45, 7) is -0.585. The van der Waals surface area contributed by atoms with Gasteiger partial charge in [0, 0.05) is 5.75 Å². The minimum Gasteiger partial charge on any atom is -0.389 e. The summed E-state index contributed by atoms with van der Waals surface area (Å²) in [4.78, 5) is 8.21. The summed E-state index contributed by atoms with van der Waals surface area (Å²) >= 11 is 1.30. The molecule has 15 heteroatoms. The van der Waals surface area contributed by atoms with Crippen molar-refractivity contribution in [3.63, 3.8) is 0 Å². The van der Waals surface area contributed by atoms with Gasteiger partial charge in [-0.3, -0.25) is 4.18 Å². The number of hydrogen-bond acceptors (Lipinski definition) is 12. The Morgan fingerprint density at radius 3 is 2.66 bits per heavy atom. The first-order valence-corrected chi connectivity index (χ1v) is 12.6. The lowest BCUT2D eigenvalue weighted by Gasteiger charge is -2.31. The molecule has 32 heavy (non-hydrogen) atoms. The molecule has 0 spiro atoms. The number of thioether (sulfide) groups is 1. The lowest BCUT2D eigenvalue weighted by atomic mass is 9.86. The quantitative estimate of drug-likeness (QED) is 0.297.